The summed E-state index contributed by atoms with van der Waals surface area (Å²) in [6, 6.07) is 7.52. The molecule has 1 atom stereocenters. The van der Waals surface area contributed by atoms with E-state index < -0.39 is 6.10 Å². The van der Waals surface area contributed by atoms with Gasteiger partial charge in [0.05, 0.1) is 24.4 Å². The molecule has 110 valence electrons. The number of ether oxygens (including phenoxy) is 3. The van der Waals surface area contributed by atoms with Crippen molar-refractivity contribution in [3.05, 3.63) is 24.3 Å². The topological polar surface area (TPSA) is 56.8 Å². The first-order valence-corrected chi connectivity index (χ1v) is 6.76. The molecular weight excluding hydrogens is 258 g/mol. The Morgan fingerprint density at radius 2 is 2.10 bits per heavy atom. The molecule has 1 unspecified atom stereocenters. The molecular formula is C15H21NO4. The molecule has 0 radical (unpaired) electrons. The van der Waals surface area contributed by atoms with Crippen LogP contribution in [0.3, 0.4) is 0 Å². The molecule has 0 aromatic heterocycles. The van der Waals surface area contributed by atoms with Crippen LogP contribution in [-0.4, -0.2) is 37.4 Å². The summed E-state index contributed by atoms with van der Waals surface area (Å²) in [7, 11) is 0. The van der Waals surface area contributed by atoms with E-state index in [1.165, 1.54) is 0 Å². The fourth-order valence-corrected chi connectivity index (χ4v) is 1.83. The summed E-state index contributed by atoms with van der Waals surface area (Å²) in [5, 5.41) is 3.15. The van der Waals surface area contributed by atoms with Crippen molar-refractivity contribution in [1.82, 2.24) is 0 Å². The Labute approximate surface area is 119 Å². The van der Waals surface area contributed by atoms with E-state index in [-0.39, 0.29) is 18.2 Å². The van der Waals surface area contributed by atoms with Crippen LogP contribution >= 0.6 is 0 Å². The van der Waals surface area contributed by atoms with Crippen molar-refractivity contribution in [2.24, 2.45) is 0 Å². The number of para-hydroxylation sites is 2. The van der Waals surface area contributed by atoms with Gasteiger partial charge in [-0.15, -0.1) is 0 Å². The first-order chi connectivity index (χ1) is 9.46. The van der Waals surface area contributed by atoms with Crippen LogP contribution in [0.5, 0.6) is 5.75 Å². The van der Waals surface area contributed by atoms with Crippen LogP contribution in [0.1, 0.15) is 20.8 Å². The van der Waals surface area contributed by atoms with E-state index in [4.69, 9.17) is 14.2 Å². The normalized spacial score (nSPS) is 17.6. The molecule has 1 aliphatic rings. The van der Waals surface area contributed by atoms with Gasteiger partial charge in [-0.3, -0.25) is 0 Å². The quantitative estimate of drug-likeness (QED) is 0.676. The minimum Gasteiger partial charge on any atom is -0.475 e. The van der Waals surface area contributed by atoms with Gasteiger partial charge in [0.2, 0.25) is 6.10 Å². The Balaban J connectivity index is 1.77. The lowest BCUT2D eigenvalue weighted by molar-refractivity contribution is -0.154. The van der Waals surface area contributed by atoms with Gasteiger partial charge in [0, 0.05) is 0 Å². The summed E-state index contributed by atoms with van der Waals surface area (Å²) in [5.41, 5.74) is 0.668. The van der Waals surface area contributed by atoms with Crippen LogP contribution in [0.4, 0.5) is 5.69 Å². The van der Waals surface area contributed by atoms with E-state index in [9.17, 15) is 4.79 Å². The molecule has 1 aromatic rings. The smallest absolute Gasteiger partial charge is 0.349 e. The Kier molecular flexibility index (Phi) is 4.49. The van der Waals surface area contributed by atoms with Crippen LogP contribution in [0.25, 0.3) is 0 Å². The van der Waals surface area contributed by atoms with E-state index in [0.717, 1.165) is 5.69 Å². The summed E-state index contributed by atoms with van der Waals surface area (Å²) in [6.45, 7) is 6.90. The maximum Gasteiger partial charge on any atom is 0.349 e. The van der Waals surface area contributed by atoms with Gasteiger partial charge in [0.25, 0.3) is 0 Å². The number of nitrogens with one attached hydrogen (secondary N) is 1. The zero-order chi connectivity index (χ0) is 14.6. The van der Waals surface area contributed by atoms with Gasteiger partial charge in [-0.2, -0.15) is 0 Å². The molecule has 0 spiro atoms. The molecule has 0 saturated carbocycles. The second-order valence-corrected chi connectivity index (χ2v) is 5.61. The molecule has 1 aromatic carbocycles. The van der Waals surface area contributed by atoms with Crippen LogP contribution in [-0.2, 0) is 14.3 Å². The summed E-state index contributed by atoms with van der Waals surface area (Å²) in [4.78, 5) is 11.9. The minimum absolute atomic E-state index is 0.228. The molecule has 5 heteroatoms. The van der Waals surface area contributed by atoms with E-state index in [2.05, 4.69) is 5.32 Å². The highest BCUT2D eigenvalue weighted by molar-refractivity contribution is 5.77. The van der Waals surface area contributed by atoms with Crippen LogP contribution < -0.4 is 10.1 Å². The first-order valence-electron chi connectivity index (χ1n) is 6.76. The SMILES string of the molecule is CC(C)(C)OCCOC(=O)C1CNc2ccccc2O1. The van der Waals surface area contributed by atoms with Crippen molar-refractivity contribution in [2.75, 3.05) is 25.1 Å². The summed E-state index contributed by atoms with van der Waals surface area (Å²) >= 11 is 0. The number of hydrogen-bond donors (Lipinski definition) is 1. The van der Waals surface area contributed by atoms with Crippen LogP contribution in [0, 0.1) is 0 Å². The average Bonchev–Trinajstić information content (AvgIpc) is 2.42. The van der Waals surface area contributed by atoms with Crippen molar-refractivity contribution in [3.8, 4) is 5.75 Å². The number of carbonyl (C=O) groups is 1. The number of esters is 1. The Morgan fingerprint density at radius 1 is 1.35 bits per heavy atom. The molecule has 1 heterocycles. The lowest BCUT2D eigenvalue weighted by atomic mass is 10.2. The number of benzene rings is 1. The first kappa shape index (κ1) is 14.7. The zero-order valence-electron chi connectivity index (χ0n) is 12.1. The van der Waals surface area contributed by atoms with Crippen molar-refractivity contribution in [1.29, 1.82) is 0 Å². The highest BCUT2D eigenvalue weighted by Crippen LogP contribution is 2.28. The fourth-order valence-electron chi connectivity index (χ4n) is 1.83. The molecule has 2 rings (SSSR count). The predicted molar refractivity (Wildman–Crippen MR) is 76.0 cm³/mol. The Morgan fingerprint density at radius 3 is 2.85 bits per heavy atom. The second kappa shape index (κ2) is 6.13. The lowest BCUT2D eigenvalue weighted by Crippen LogP contribution is -2.39. The van der Waals surface area contributed by atoms with Gasteiger partial charge in [-0.1, -0.05) is 12.1 Å². The van der Waals surface area contributed by atoms with E-state index >= 15 is 0 Å². The highest BCUT2D eigenvalue weighted by Gasteiger charge is 2.27. The Bertz CT molecular complexity index is 467. The third-order valence-electron chi connectivity index (χ3n) is 2.76. The fraction of sp³-hybridized carbons (Fsp3) is 0.533. The summed E-state index contributed by atoms with van der Waals surface area (Å²) < 4.78 is 16.3. The molecule has 1 aliphatic heterocycles. The van der Waals surface area contributed by atoms with Gasteiger partial charge in [0.15, 0.2) is 0 Å². The highest BCUT2D eigenvalue weighted by atomic mass is 16.6. The molecule has 0 saturated heterocycles. The molecule has 1 N–H and O–H groups in total. The zero-order valence-corrected chi connectivity index (χ0v) is 12.1. The lowest BCUT2D eigenvalue weighted by Gasteiger charge is -2.26. The van der Waals surface area contributed by atoms with Gasteiger partial charge in [-0.25, -0.2) is 4.79 Å². The van der Waals surface area contributed by atoms with Crippen molar-refractivity contribution >= 4 is 11.7 Å². The van der Waals surface area contributed by atoms with Gasteiger partial charge < -0.3 is 19.5 Å². The average molecular weight is 279 g/mol. The van der Waals surface area contributed by atoms with Gasteiger partial charge in [0.1, 0.15) is 12.4 Å². The third-order valence-corrected chi connectivity index (χ3v) is 2.76. The van der Waals surface area contributed by atoms with Gasteiger partial charge >= 0.3 is 5.97 Å². The second-order valence-electron chi connectivity index (χ2n) is 5.61. The summed E-state index contributed by atoms with van der Waals surface area (Å²) in [5.74, 6) is 0.302. The van der Waals surface area contributed by atoms with E-state index in [1.807, 2.05) is 45.0 Å². The van der Waals surface area contributed by atoms with Crippen LogP contribution in [0.15, 0.2) is 24.3 Å². The van der Waals surface area contributed by atoms with Crippen molar-refractivity contribution in [3.63, 3.8) is 0 Å². The van der Waals surface area contributed by atoms with Crippen molar-refractivity contribution in [2.45, 2.75) is 32.5 Å². The Hall–Kier alpha value is -1.75. The molecule has 0 amide bonds. The number of rotatable bonds is 4. The largest absolute Gasteiger partial charge is 0.475 e. The van der Waals surface area contributed by atoms with Crippen LogP contribution in [0.2, 0.25) is 0 Å². The molecule has 0 aliphatic carbocycles. The number of carbonyl (C=O) groups excluding carboxylic acids is 1. The number of anilines is 1. The predicted octanol–water partition coefficient (Wildman–Crippen LogP) is 2.22. The molecule has 0 fully saturated rings. The molecule has 0 bridgehead atoms. The maximum atomic E-state index is 11.9. The summed E-state index contributed by atoms with van der Waals surface area (Å²) in [6.07, 6.45) is -0.612. The monoisotopic (exact) mass is 279 g/mol. The van der Waals surface area contributed by atoms with E-state index in [0.29, 0.717) is 18.9 Å². The minimum atomic E-state index is -0.612. The van der Waals surface area contributed by atoms with Crippen molar-refractivity contribution < 1.29 is 19.0 Å². The number of hydrogen-bond acceptors (Lipinski definition) is 5. The standard InChI is InChI=1S/C15H21NO4/c1-15(2,3)19-9-8-18-14(17)13-10-16-11-6-4-5-7-12(11)20-13/h4-7,13,16H,8-10H2,1-3H3. The molecule has 5 nitrogen and oxygen atoms in total. The van der Waals surface area contributed by atoms with Gasteiger partial charge in [-0.05, 0) is 32.9 Å². The number of fused-ring (bicyclic) bond motifs is 1. The van der Waals surface area contributed by atoms with E-state index in [1.54, 1.807) is 0 Å². The molecule has 20 heavy (non-hydrogen) atoms. The maximum absolute atomic E-state index is 11.9. The third kappa shape index (κ3) is 4.13.